The monoisotopic (exact) mass is 954 g/mol. The largest absolute Gasteiger partial charge is 0.456 e. The molecule has 11 aromatic carbocycles. The fourth-order valence-electron chi connectivity index (χ4n) is 12.1. The van der Waals surface area contributed by atoms with Gasteiger partial charge in [-0.25, -0.2) is 0 Å². The summed E-state index contributed by atoms with van der Waals surface area (Å²) < 4.78 is 7.74. The zero-order chi connectivity index (χ0) is 50.3. The molecule has 1 aliphatic carbocycles. The molecule has 1 aliphatic rings. The highest BCUT2D eigenvalue weighted by Gasteiger charge is 2.50. The van der Waals surface area contributed by atoms with E-state index in [1.807, 2.05) is 0 Å². The molecule has 0 N–H and O–H groups in total. The zero-order valence-corrected chi connectivity index (χ0v) is 42.9. The Kier molecular flexibility index (Phi) is 10.5. The summed E-state index contributed by atoms with van der Waals surface area (Å²) in [7, 11) is 0. The van der Waals surface area contributed by atoms with Crippen molar-refractivity contribution in [2.75, 3.05) is 9.80 Å². The zero-order valence-electron chi connectivity index (χ0n) is 42.9. The summed E-state index contributed by atoms with van der Waals surface area (Å²) in [4.78, 5) is 4.81. The van der Waals surface area contributed by atoms with Gasteiger partial charge in [0, 0.05) is 55.9 Å². The third kappa shape index (κ3) is 7.09. The summed E-state index contributed by atoms with van der Waals surface area (Å²) in [5, 5.41) is 6.88. The summed E-state index contributed by atoms with van der Waals surface area (Å²) in [6, 6.07) is 89.6. The maximum atomic E-state index is 7.74. The Hall–Kier alpha value is -8.66. The molecule has 0 fully saturated rings. The van der Waals surface area contributed by atoms with Crippen molar-refractivity contribution in [2.45, 2.75) is 57.8 Å². The molecule has 0 atom stereocenters. The van der Waals surface area contributed by atoms with Crippen LogP contribution in [0.15, 0.2) is 247 Å². The van der Waals surface area contributed by atoms with Crippen LogP contribution < -0.4 is 9.80 Å². The number of anilines is 6. The van der Waals surface area contributed by atoms with E-state index in [1.165, 1.54) is 49.7 Å². The van der Waals surface area contributed by atoms with Crippen molar-refractivity contribution < 1.29 is 4.42 Å². The minimum absolute atomic E-state index is 0.0427. The second-order valence-electron chi connectivity index (χ2n) is 22.1. The van der Waals surface area contributed by atoms with Gasteiger partial charge in [0.15, 0.2) is 0 Å². The van der Waals surface area contributed by atoms with Crippen LogP contribution in [0, 0.1) is 0 Å². The number of para-hydroxylation sites is 4. The van der Waals surface area contributed by atoms with E-state index in [0.29, 0.717) is 0 Å². The molecule has 1 aromatic heterocycles. The highest BCUT2D eigenvalue weighted by Crippen LogP contribution is 2.62. The van der Waals surface area contributed by atoms with Crippen LogP contribution in [-0.4, -0.2) is 0 Å². The number of hydrogen-bond acceptors (Lipinski definition) is 3. The fraction of sp³-hybridized carbons (Fsp3) is 0.127. The predicted molar refractivity (Wildman–Crippen MR) is 313 cm³/mol. The first kappa shape index (κ1) is 45.2. The van der Waals surface area contributed by atoms with E-state index in [9.17, 15) is 0 Å². The lowest BCUT2D eigenvalue weighted by molar-refractivity contribution is 0.588. The summed E-state index contributed by atoms with van der Waals surface area (Å²) in [6.45, 7) is 13.8. The van der Waals surface area contributed by atoms with Gasteiger partial charge in [-0.05, 0) is 121 Å². The first-order valence-electron chi connectivity index (χ1n) is 26.0. The third-order valence-electron chi connectivity index (χ3n) is 15.6. The van der Waals surface area contributed by atoms with Gasteiger partial charge in [-0.15, -0.1) is 0 Å². The Morgan fingerprint density at radius 3 is 1.20 bits per heavy atom. The number of fused-ring (bicyclic) bond motifs is 11. The molecule has 0 spiro atoms. The SMILES string of the molecule is CC(C)(C)c1ccc(C2(c3ccc(C(C)(C)C)cc3)c3cc(N(c4ccccc4)c4ccccc4)c4ccccc4c3-c3ccc4c(oc5cc(N(c6ccccc6)c6ccccc6)c6ccccc6c54)c32)cc1. The lowest BCUT2D eigenvalue weighted by Crippen LogP contribution is -2.29. The molecule has 1 heterocycles. The summed E-state index contributed by atoms with van der Waals surface area (Å²) in [5.74, 6) is 0. The molecule has 0 amide bonds. The van der Waals surface area contributed by atoms with Gasteiger partial charge in [0.05, 0.1) is 16.8 Å². The molecule has 0 unspecified atom stereocenters. The molecule has 74 heavy (non-hydrogen) atoms. The van der Waals surface area contributed by atoms with E-state index >= 15 is 0 Å². The minimum atomic E-state index is -0.832. The number of hydrogen-bond donors (Lipinski definition) is 0. The van der Waals surface area contributed by atoms with Gasteiger partial charge in [0.25, 0.3) is 0 Å². The Labute approximate surface area is 434 Å². The number of benzene rings is 11. The molecular formula is C71H58N2O. The molecule has 13 rings (SSSR count). The normalized spacial score (nSPS) is 13.1. The van der Waals surface area contributed by atoms with Crippen LogP contribution in [0.3, 0.4) is 0 Å². The maximum Gasteiger partial charge on any atom is 0.140 e. The summed E-state index contributed by atoms with van der Waals surface area (Å²) in [6.07, 6.45) is 0. The van der Waals surface area contributed by atoms with Crippen LogP contribution in [-0.2, 0) is 16.2 Å². The summed E-state index contributed by atoms with van der Waals surface area (Å²) >= 11 is 0. The first-order chi connectivity index (χ1) is 36.0. The van der Waals surface area contributed by atoms with Crippen LogP contribution >= 0.6 is 0 Å². The second kappa shape index (κ2) is 17.2. The van der Waals surface area contributed by atoms with Crippen LogP contribution in [0.4, 0.5) is 34.1 Å². The second-order valence-corrected chi connectivity index (χ2v) is 22.1. The summed E-state index contributed by atoms with van der Waals surface area (Å²) in [5.41, 5.74) is 17.1. The van der Waals surface area contributed by atoms with Gasteiger partial charge in [0.1, 0.15) is 11.2 Å². The van der Waals surface area contributed by atoms with Gasteiger partial charge < -0.3 is 14.2 Å². The van der Waals surface area contributed by atoms with Crippen LogP contribution in [0.1, 0.15) is 74.9 Å². The lowest BCUT2D eigenvalue weighted by atomic mass is 9.66. The molecular weight excluding hydrogens is 897 g/mol. The first-order valence-corrected chi connectivity index (χ1v) is 26.0. The fourth-order valence-corrected chi connectivity index (χ4v) is 12.1. The molecule has 3 nitrogen and oxygen atoms in total. The Morgan fingerprint density at radius 2 is 0.757 bits per heavy atom. The van der Waals surface area contributed by atoms with Crippen molar-refractivity contribution in [1.82, 2.24) is 0 Å². The molecule has 0 aliphatic heterocycles. The lowest BCUT2D eigenvalue weighted by Gasteiger charge is -2.36. The minimum Gasteiger partial charge on any atom is -0.456 e. The van der Waals surface area contributed by atoms with E-state index in [0.717, 1.165) is 72.4 Å². The Bertz CT molecular complexity index is 3910. The van der Waals surface area contributed by atoms with E-state index in [-0.39, 0.29) is 10.8 Å². The molecule has 0 saturated carbocycles. The van der Waals surface area contributed by atoms with Crippen molar-refractivity contribution >= 4 is 77.6 Å². The van der Waals surface area contributed by atoms with Crippen LogP contribution in [0.5, 0.6) is 0 Å². The van der Waals surface area contributed by atoms with E-state index in [2.05, 4.69) is 294 Å². The highest BCUT2D eigenvalue weighted by atomic mass is 16.3. The van der Waals surface area contributed by atoms with Gasteiger partial charge in [-0.2, -0.15) is 0 Å². The number of nitrogens with zero attached hydrogens (tertiary/aromatic N) is 2. The van der Waals surface area contributed by atoms with Gasteiger partial charge in [-0.3, -0.25) is 0 Å². The van der Waals surface area contributed by atoms with Crippen LogP contribution in [0.25, 0.3) is 54.6 Å². The maximum absolute atomic E-state index is 7.74. The third-order valence-corrected chi connectivity index (χ3v) is 15.6. The molecule has 12 aromatic rings. The van der Waals surface area contributed by atoms with Crippen molar-refractivity contribution in [3.8, 4) is 11.1 Å². The van der Waals surface area contributed by atoms with E-state index in [1.54, 1.807) is 0 Å². The predicted octanol–water partition coefficient (Wildman–Crippen LogP) is 19.8. The Balaban J connectivity index is 1.20. The van der Waals surface area contributed by atoms with E-state index < -0.39 is 5.41 Å². The van der Waals surface area contributed by atoms with Gasteiger partial charge in [-0.1, -0.05) is 217 Å². The average Bonchev–Trinajstić information content (AvgIpc) is 3.99. The van der Waals surface area contributed by atoms with Crippen LogP contribution in [0.2, 0.25) is 0 Å². The molecule has 3 heteroatoms. The molecule has 0 saturated heterocycles. The smallest absolute Gasteiger partial charge is 0.140 e. The molecule has 358 valence electrons. The van der Waals surface area contributed by atoms with Crippen molar-refractivity contribution in [3.05, 3.63) is 276 Å². The topological polar surface area (TPSA) is 19.6 Å². The molecule has 0 bridgehead atoms. The van der Waals surface area contributed by atoms with E-state index in [4.69, 9.17) is 4.42 Å². The van der Waals surface area contributed by atoms with Crippen molar-refractivity contribution in [3.63, 3.8) is 0 Å². The molecule has 0 radical (unpaired) electrons. The van der Waals surface area contributed by atoms with Crippen molar-refractivity contribution in [2.24, 2.45) is 0 Å². The number of rotatable bonds is 8. The van der Waals surface area contributed by atoms with Crippen molar-refractivity contribution in [1.29, 1.82) is 0 Å². The average molecular weight is 955 g/mol. The van der Waals surface area contributed by atoms with Gasteiger partial charge >= 0.3 is 0 Å². The number of furan rings is 1. The quantitative estimate of drug-likeness (QED) is 0.151. The highest BCUT2D eigenvalue weighted by molar-refractivity contribution is 6.24. The Morgan fingerprint density at radius 1 is 0.365 bits per heavy atom. The standard InChI is InChI=1S/C71H58N2O/c1-69(2,3)47-35-39-49(40-36-47)71(50-41-37-48(38-42-50)70(4,5)6)61-45-62(72(51-23-11-7-12-24-51)52-25-13-8-14-26-52)55-31-19-21-33-57(55)65(61)59-43-44-60-66-58-34-22-20-32-56(58)63(46-64(66)74-68(60)67(59)71)73(53-27-15-9-16-28-53)54-29-17-10-18-30-54/h7-46H,1-6H3. The van der Waals surface area contributed by atoms with Gasteiger partial charge in [0.2, 0.25) is 0 Å².